The van der Waals surface area contributed by atoms with Crippen molar-refractivity contribution in [1.82, 2.24) is 10.1 Å². The van der Waals surface area contributed by atoms with Crippen molar-refractivity contribution in [2.75, 3.05) is 5.32 Å². The van der Waals surface area contributed by atoms with Crippen molar-refractivity contribution in [3.8, 4) is 0 Å². The molecule has 0 atom stereocenters. The maximum absolute atomic E-state index is 12.7. The predicted octanol–water partition coefficient (Wildman–Crippen LogP) is 4.54. The molecule has 5 nitrogen and oxygen atoms in total. The van der Waals surface area contributed by atoms with Crippen LogP contribution >= 0.6 is 11.8 Å². The van der Waals surface area contributed by atoms with E-state index in [4.69, 9.17) is 4.52 Å². The number of aromatic nitrogens is 2. The van der Waals surface area contributed by atoms with E-state index in [1.165, 1.54) is 17.3 Å². The average molecular weight is 353 g/mol. The molecule has 2 aromatic carbocycles. The highest BCUT2D eigenvalue weighted by Gasteiger charge is 2.13. The largest absolute Gasteiger partial charge is 0.340 e. The van der Waals surface area contributed by atoms with Crippen LogP contribution in [0.2, 0.25) is 0 Å². The Labute approximate surface area is 150 Å². The lowest BCUT2D eigenvalue weighted by molar-refractivity contribution is 0.102. The van der Waals surface area contributed by atoms with E-state index in [0.717, 1.165) is 16.1 Å². The van der Waals surface area contributed by atoms with E-state index in [-0.39, 0.29) is 5.91 Å². The molecule has 0 aliphatic carbocycles. The Bertz CT molecular complexity index is 905. The number of nitrogens with one attached hydrogen (secondary N) is 1. The van der Waals surface area contributed by atoms with Gasteiger partial charge in [-0.1, -0.05) is 23.4 Å². The molecule has 128 valence electrons. The zero-order valence-electron chi connectivity index (χ0n) is 14.4. The number of rotatable bonds is 5. The van der Waals surface area contributed by atoms with Crippen LogP contribution < -0.4 is 5.32 Å². The van der Waals surface area contributed by atoms with Gasteiger partial charge in [-0.15, -0.1) is 11.8 Å². The SMILES string of the molecule is Cc1nc(CSc2ccccc2C(=O)Nc2ccc(C)c(C)c2)no1. The van der Waals surface area contributed by atoms with Crippen molar-refractivity contribution in [3.63, 3.8) is 0 Å². The molecule has 3 rings (SSSR count). The van der Waals surface area contributed by atoms with Crippen molar-refractivity contribution in [1.29, 1.82) is 0 Å². The summed E-state index contributed by atoms with van der Waals surface area (Å²) in [7, 11) is 0. The Kier molecular flexibility index (Phi) is 5.19. The second-order valence-corrected chi connectivity index (χ2v) is 6.78. The molecule has 0 saturated heterocycles. The van der Waals surface area contributed by atoms with E-state index < -0.39 is 0 Å². The molecule has 6 heteroatoms. The maximum Gasteiger partial charge on any atom is 0.256 e. The first-order valence-corrected chi connectivity index (χ1v) is 8.91. The van der Waals surface area contributed by atoms with Crippen LogP contribution in [0.25, 0.3) is 0 Å². The number of thioether (sulfide) groups is 1. The van der Waals surface area contributed by atoms with Gasteiger partial charge in [0.25, 0.3) is 5.91 Å². The summed E-state index contributed by atoms with van der Waals surface area (Å²) in [5.74, 6) is 1.57. The summed E-state index contributed by atoms with van der Waals surface area (Å²) >= 11 is 1.51. The van der Waals surface area contributed by atoms with Crippen LogP contribution in [-0.2, 0) is 5.75 Å². The number of aryl methyl sites for hydroxylation is 3. The summed E-state index contributed by atoms with van der Waals surface area (Å²) in [5.41, 5.74) is 3.77. The summed E-state index contributed by atoms with van der Waals surface area (Å²) in [5, 5.41) is 6.85. The van der Waals surface area contributed by atoms with Crippen molar-refractivity contribution in [2.45, 2.75) is 31.4 Å². The van der Waals surface area contributed by atoms with Crippen molar-refractivity contribution in [3.05, 3.63) is 70.9 Å². The fraction of sp³-hybridized carbons (Fsp3) is 0.211. The number of hydrogen-bond donors (Lipinski definition) is 1. The molecule has 0 aliphatic heterocycles. The molecular weight excluding hydrogens is 334 g/mol. The standard InChI is InChI=1S/C19H19N3O2S/c1-12-8-9-15(10-13(12)2)21-19(23)16-6-4-5-7-17(16)25-11-18-20-14(3)24-22-18/h4-10H,11H2,1-3H3,(H,21,23). The number of carbonyl (C=O) groups excluding carboxylic acids is 1. The fourth-order valence-electron chi connectivity index (χ4n) is 2.34. The lowest BCUT2D eigenvalue weighted by atomic mass is 10.1. The van der Waals surface area contributed by atoms with Gasteiger partial charge < -0.3 is 9.84 Å². The summed E-state index contributed by atoms with van der Waals surface area (Å²) < 4.78 is 4.98. The number of hydrogen-bond acceptors (Lipinski definition) is 5. The van der Waals surface area contributed by atoms with Gasteiger partial charge in [0.1, 0.15) is 0 Å². The molecule has 1 N–H and O–H groups in total. The van der Waals surface area contributed by atoms with E-state index in [1.54, 1.807) is 6.92 Å². The van der Waals surface area contributed by atoms with E-state index >= 15 is 0 Å². The van der Waals surface area contributed by atoms with Crippen molar-refractivity contribution >= 4 is 23.4 Å². The highest BCUT2D eigenvalue weighted by molar-refractivity contribution is 7.98. The van der Waals surface area contributed by atoms with Gasteiger partial charge in [0.05, 0.1) is 11.3 Å². The van der Waals surface area contributed by atoms with Crippen molar-refractivity contribution < 1.29 is 9.32 Å². The molecule has 0 bridgehead atoms. The quantitative estimate of drug-likeness (QED) is 0.682. The average Bonchev–Trinajstić information content (AvgIpc) is 3.02. The van der Waals surface area contributed by atoms with E-state index in [9.17, 15) is 4.79 Å². The van der Waals surface area contributed by atoms with Crippen LogP contribution in [0.5, 0.6) is 0 Å². The normalized spacial score (nSPS) is 10.7. The second kappa shape index (κ2) is 7.53. The molecule has 0 aliphatic rings. The summed E-state index contributed by atoms with van der Waals surface area (Å²) in [6, 6.07) is 13.4. The topological polar surface area (TPSA) is 68.0 Å². The minimum Gasteiger partial charge on any atom is -0.340 e. The first-order chi connectivity index (χ1) is 12.0. The summed E-state index contributed by atoms with van der Waals surface area (Å²) in [6.45, 7) is 5.83. The summed E-state index contributed by atoms with van der Waals surface area (Å²) in [6.07, 6.45) is 0. The molecule has 0 radical (unpaired) electrons. The van der Waals surface area contributed by atoms with Gasteiger partial charge in [0.15, 0.2) is 5.82 Å². The lowest BCUT2D eigenvalue weighted by Crippen LogP contribution is -2.13. The van der Waals surface area contributed by atoms with Crippen molar-refractivity contribution in [2.24, 2.45) is 0 Å². The monoisotopic (exact) mass is 353 g/mol. The van der Waals surface area contributed by atoms with Gasteiger partial charge >= 0.3 is 0 Å². The molecule has 0 spiro atoms. The molecule has 3 aromatic rings. The molecule has 1 amide bonds. The van der Waals surface area contributed by atoms with Crippen LogP contribution in [0.4, 0.5) is 5.69 Å². The summed E-state index contributed by atoms with van der Waals surface area (Å²) in [4.78, 5) is 17.7. The van der Waals surface area contributed by atoms with Crippen LogP contribution in [0.15, 0.2) is 51.9 Å². The molecule has 0 fully saturated rings. The third-order valence-electron chi connectivity index (χ3n) is 3.82. The molecule has 25 heavy (non-hydrogen) atoms. The molecular formula is C19H19N3O2S. The molecule has 1 aromatic heterocycles. The smallest absolute Gasteiger partial charge is 0.256 e. The first-order valence-electron chi connectivity index (χ1n) is 7.92. The van der Waals surface area contributed by atoms with Gasteiger partial charge in [-0.2, -0.15) is 4.98 Å². The Morgan fingerprint density at radius 2 is 1.92 bits per heavy atom. The highest BCUT2D eigenvalue weighted by atomic mass is 32.2. The third kappa shape index (κ3) is 4.28. The Hall–Kier alpha value is -2.60. The molecule has 0 unspecified atom stereocenters. The number of anilines is 1. The van der Waals surface area contributed by atoms with Gasteiger partial charge in [-0.25, -0.2) is 0 Å². The van der Waals surface area contributed by atoms with Crippen LogP contribution in [0, 0.1) is 20.8 Å². The van der Waals surface area contributed by atoms with Crippen LogP contribution in [0.3, 0.4) is 0 Å². The Balaban J connectivity index is 1.74. The van der Waals surface area contributed by atoms with E-state index in [1.807, 2.05) is 56.3 Å². The van der Waals surface area contributed by atoms with Gasteiger partial charge in [-0.05, 0) is 49.2 Å². The number of benzene rings is 2. The van der Waals surface area contributed by atoms with E-state index in [0.29, 0.717) is 23.0 Å². The molecule has 0 saturated carbocycles. The second-order valence-electron chi connectivity index (χ2n) is 5.77. The fourth-order valence-corrected chi connectivity index (χ4v) is 3.23. The van der Waals surface area contributed by atoms with Crippen LogP contribution in [-0.4, -0.2) is 16.0 Å². The minimum atomic E-state index is -0.129. The number of carbonyl (C=O) groups is 1. The minimum absolute atomic E-state index is 0.129. The zero-order valence-corrected chi connectivity index (χ0v) is 15.2. The van der Waals surface area contributed by atoms with Crippen LogP contribution in [0.1, 0.15) is 33.2 Å². The van der Waals surface area contributed by atoms with Gasteiger partial charge in [0.2, 0.25) is 5.89 Å². The first kappa shape index (κ1) is 17.2. The highest BCUT2D eigenvalue weighted by Crippen LogP contribution is 2.26. The lowest BCUT2D eigenvalue weighted by Gasteiger charge is -2.10. The number of nitrogens with zero attached hydrogens (tertiary/aromatic N) is 2. The predicted molar refractivity (Wildman–Crippen MR) is 98.9 cm³/mol. The van der Waals surface area contributed by atoms with Gasteiger partial charge in [0, 0.05) is 17.5 Å². The molecule has 1 heterocycles. The maximum atomic E-state index is 12.7. The van der Waals surface area contributed by atoms with E-state index in [2.05, 4.69) is 15.5 Å². The Morgan fingerprint density at radius 1 is 1.12 bits per heavy atom. The number of amides is 1. The third-order valence-corrected chi connectivity index (χ3v) is 4.89. The zero-order chi connectivity index (χ0) is 17.8. The Morgan fingerprint density at radius 3 is 2.64 bits per heavy atom. The van der Waals surface area contributed by atoms with Gasteiger partial charge in [-0.3, -0.25) is 4.79 Å².